The molecule has 110 valence electrons. The summed E-state index contributed by atoms with van der Waals surface area (Å²) in [7, 11) is 0. The molecule has 0 spiro atoms. The third-order valence-corrected chi connectivity index (χ3v) is 4.65. The van der Waals surface area contributed by atoms with E-state index >= 15 is 0 Å². The molecule has 0 amide bonds. The van der Waals surface area contributed by atoms with Gasteiger partial charge in [-0.25, -0.2) is 0 Å². The molecule has 0 saturated heterocycles. The van der Waals surface area contributed by atoms with Crippen LogP contribution in [0.5, 0.6) is 0 Å². The SMILES string of the molecule is CC(C)c1ccc(CC(O)C2CC2c2ccccc2)cc1. The number of aliphatic hydroxyl groups excluding tert-OH is 1. The molecule has 1 fully saturated rings. The summed E-state index contributed by atoms with van der Waals surface area (Å²) in [6, 6.07) is 19.3. The fraction of sp³-hybridized carbons (Fsp3) is 0.400. The van der Waals surface area contributed by atoms with E-state index in [0.29, 0.717) is 17.8 Å². The first-order valence-corrected chi connectivity index (χ1v) is 7.97. The average Bonchev–Trinajstić information content (AvgIpc) is 3.29. The second-order valence-corrected chi connectivity index (χ2v) is 6.58. The molecule has 0 bridgehead atoms. The lowest BCUT2D eigenvalue weighted by Crippen LogP contribution is -2.14. The van der Waals surface area contributed by atoms with Crippen molar-refractivity contribution in [1.29, 1.82) is 0 Å². The molecular weight excluding hydrogens is 256 g/mol. The Hall–Kier alpha value is -1.60. The van der Waals surface area contributed by atoms with E-state index in [1.54, 1.807) is 0 Å². The van der Waals surface area contributed by atoms with Gasteiger partial charge in [0, 0.05) is 0 Å². The fourth-order valence-electron chi connectivity index (χ4n) is 3.15. The van der Waals surface area contributed by atoms with Gasteiger partial charge in [-0.05, 0) is 47.3 Å². The van der Waals surface area contributed by atoms with Gasteiger partial charge >= 0.3 is 0 Å². The molecule has 1 aliphatic carbocycles. The molecule has 1 N–H and O–H groups in total. The number of hydrogen-bond acceptors (Lipinski definition) is 1. The molecular formula is C20H24O. The first-order chi connectivity index (χ1) is 10.1. The minimum Gasteiger partial charge on any atom is -0.392 e. The summed E-state index contributed by atoms with van der Waals surface area (Å²) in [4.78, 5) is 0. The van der Waals surface area contributed by atoms with E-state index < -0.39 is 0 Å². The summed E-state index contributed by atoms with van der Waals surface area (Å²) in [6.07, 6.45) is 1.67. The lowest BCUT2D eigenvalue weighted by Gasteiger charge is -2.12. The summed E-state index contributed by atoms with van der Waals surface area (Å²) in [5, 5.41) is 10.5. The first kappa shape index (κ1) is 14.3. The molecule has 3 atom stereocenters. The van der Waals surface area contributed by atoms with Crippen molar-refractivity contribution >= 4 is 0 Å². The smallest absolute Gasteiger partial charge is 0.0614 e. The summed E-state index contributed by atoms with van der Waals surface area (Å²) >= 11 is 0. The predicted molar refractivity (Wildman–Crippen MR) is 87.5 cm³/mol. The predicted octanol–water partition coefficient (Wildman–Crippen LogP) is 4.52. The Morgan fingerprint density at radius 3 is 2.29 bits per heavy atom. The number of benzene rings is 2. The van der Waals surface area contributed by atoms with Gasteiger partial charge in [-0.3, -0.25) is 0 Å². The van der Waals surface area contributed by atoms with E-state index in [4.69, 9.17) is 0 Å². The molecule has 0 aliphatic heterocycles. The average molecular weight is 280 g/mol. The van der Waals surface area contributed by atoms with Gasteiger partial charge in [0.2, 0.25) is 0 Å². The minimum atomic E-state index is -0.222. The summed E-state index contributed by atoms with van der Waals surface area (Å²) < 4.78 is 0. The van der Waals surface area contributed by atoms with Crippen LogP contribution in [-0.2, 0) is 6.42 Å². The lowest BCUT2D eigenvalue weighted by molar-refractivity contribution is 0.149. The van der Waals surface area contributed by atoms with E-state index in [-0.39, 0.29) is 6.10 Å². The van der Waals surface area contributed by atoms with Crippen LogP contribution in [0.1, 0.15) is 48.8 Å². The zero-order valence-corrected chi connectivity index (χ0v) is 12.9. The first-order valence-electron chi connectivity index (χ1n) is 7.97. The zero-order chi connectivity index (χ0) is 14.8. The maximum atomic E-state index is 10.5. The van der Waals surface area contributed by atoms with Gasteiger partial charge in [0.1, 0.15) is 0 Å². The third kappa shape index (κ3) is 3.36. The van der Waals surface area contributed by atoms with Crippen LogP contribution in [0, 0.1) is 5.92 Å². The highest BCUT2D eigenvalue weighted by molar-refractivity contribution is 5.28. The van der Waals surface area contributed by atoms with Crippen molar-refractivity contribution in [2.75, 3.05) is 0 Å². The Kier molecular flexibility index (Phi) is 4.12. The summed E-state index contributed by atoms with van der Waals surface area (Å²) in [6.45, 7) is 4.41. The van der Waals surface area contributed by atoms with Crippen LogP contribution in [0.2, 0.25) is 0 Å². The van der Waals surface area contributed by atoms with Crippen LogP contribution in [0.4, 0.5) is 0 Å². The topological polar surface area (TPSA) is 20.2 Å². The highest BCUT2D eigenvalue weighted by Crippen LogP contribution is 2.50. The summed E-state index contributed by atoms with van der Waals surface area (Å²) in [5.74, 6) is 1.54. The van der Waals surface area contributed by atoms with Crippen molar-refractivity contribution < 1.29 is 5.11 Å². The molecule has 1 nitrogen and oxygen atoms in total. The molecule has 21 heavy (non-hydrogen) atoms. The van der Waals surface area contributed by atoms with Crippen LogP contribution in [0.25, 0.3) is 0 Å². The van der Waals surface area contributed by atoms with Crippen molar-refractivity contribution in [3.05, 3.63) is 71.3 Å². The Bertz CT molecular complexity index is 571. The van der Waals surface area contributed by atoms with Gasteiger partial charge in [0.15, 0.2) is 0 Å². The Morgan fingerprint density at radius 2 is 1.67 bits per heavy atom. The third-order valence-electron chi connectivity index (χ3n) is 4.65. The van der Waals surface area contributed by atoms with Gasteiger partial charge in [0.25, 0.3) is 0 Å². The largest absolute Gasteiger partial charge is 0.392 e. The molecule has 1 saturated carbocycles. The number of hydrogen-bond donors (Lipinski definition) is 1. The van der Waals surface area contributed by atoms with Crippen molar-refractivity contribution in [1.82, 2.24) is 0 Å². The highest BCUT2D eigenvalue weighted by Gasteiger charge is 2.42. The molecule has 0 aromatic heterocycles. The van der Waals surface area contributed by atoms with E-state index in [2.05, 4.69) is 62.4 Å². The monoisotopic (exact) mass is 280 g/mol. The Labute approximate surface area is 127 Å². The van der Waals surface area contributed by atoms with Crippen molar-refractivity contribution in [3.63, 3.8) is 0 Å². The van der Waals surface area contributed by atoms with Gasteiger partial charge in [0.05, 0.1) is 6.10 Å². The Morgan fingerprint density at radius 1 is 1.00 bits per heavy atom. The van der Waals surface area contributed by atoms with Crippen LogP contribution in [0.3, 0.4) is 0 Å². The molecule has 3 unspecified atom stereocenters. The quantitative estimate of drug-likeness (QED) is 0.854. The van der Waals surface area contributed by atoms with Crippen LogP contribution in [-0.4, -0.2) is 11.2 Å². The molecule has 1 heteroatoms. The normalized spacial score (nSPS) is 22.3. The van der Waals surface area contributed by atoms with E-state index in [1.807, 2.05) is 6.07 Å². The molecule has 0 radical (unpaired) electrons. The lowest BCUT2D eigenvalue weighted by atomic mass is 9.97. The van der Waals surface area contributed by atoms with Crippen molar-refractivity contribution in [2.45, 2.75) is 44.6 Å². The molecule has 3 rings (SSSR count). The maximum Gasteiger partial charge on any atom is 0.0614 e. The van der Waals surface area contributed by atoms with Gasteiger partial charge < -0.3 is 5.11 Å². The van der Waals surface area contributed by atoms with E-state index in [0.717, 1.165) is 12.8 Å². The van der Waals surface area contributed by atoms with E-state index in [9.17, 15) is 5.11 Å². The molecule has 1 aliphatic rings. The van der Waals surface area contributed by atoms with Gasteiger partial charge in [-0.2, -0.15) is 0 Å². The van der Waals surface area contributed by atoms with Crippen molar-refractivity contribution in [2.24, 2.45) is 5.92 Å². The molecule has 2 aromatic carbocycles. The fourth-order valence-corrected chi connectivity index (χ4v) is 3.15. The summed E-state index contributed by atoms with van der Waals surface area (Å²) in [5.41, 5.74) is 3.98. The molecule has 2 aromatic rings. The second kappa shape index (κ2) is 6.03. The Balaban J connectivity index is 1.59. The maximum absolute atomic E-state index is 10.5. The van der Waals surface area contributed by atoms with E-state index in [1.165, 1.54) is 16.7 Å². The molecule has 0 heterocycles. The minimum absolute atomic E-state index is 0.222. The number of rotatable bonds is 5. The van der Waals surface area contributed by atoms with Crippen LogP contribution in [0.15, 0.2) is 54.6 Å². The van der Waals surface area contributed by atoms with Gasteiger partial charge in [-0.1, -0.05) is 68.4 Å². The standard InChI is InChI=1S/C20H24O/c1-14(2)16-10-8-15(9-11-16)12-20(21)19-13-18(19)17-6-4-3-5-7-17/h3-11,14,18-21H,12-13H2,1-2H3. The number of aliphatic hydroxyl groups is 1. The van der Waals surface area contributed by atoms with Crippen LogP contribution < -0.4 is 0 Å². The van der Waals surface area contributed by atoms with Crippen LogP contribution >= 0.6 is 0 Å². The van der Waals surface area contributed by atoms with Gasteiger partial charge in [-0.15, -0.1) is 0 Å². The van der Waals surface area contributed by atoms with Crippen molar-refractivity contribution in [3.8, 4) is 0 Å². The zero-order valence-electron chi connectivity index (χ0n) is 12.9. The highest BCUT2D eigenvalue weighted by atomic mass is 16.3. The second-order valence-electron chi connectivity index (χ2n) is 6.58.